The number of anilines is 1. The molecule has 0 spiro atoms. The van der Waals surface area contributed by atoms with E-state index < -0.39 is 5.91 Å². The lowest BCUT2D eigenvalue weighted by atomic mass is 9.97. The summed E-state index contributed by atoms with van der Waals surface area (Å²) in [7, 11) is 0. The number of benzene rings is 1. The molecule has 128 valence electrons. The quantitative estimate of drug-likeness (QED) is 0.931. The summed E-state index contributed by atoms with van der Waals surface area (Å²) in [5, 5.41) is 0. The highest BCUT2D eigenvalue weighted by atomic mass is 16.2. The standard InChI is InChI=1S/C20H21N3O2/c21-20(25)16-11-14-5-4-8-17(14)22-18(16)9-13-10-19(24)23(12-13)15-6-2-1-3-7-15/h1-3,6-7,11,13H,4-5,8-10,12H2,(H2,21,25). The minimum Gasteiger partial charge on any atom is -0.366 e. The van der Waals surface area contributed by atoms with Crippen molar-refractivity contribution in [2.45, 2.75) is 32.1 Å². The summed E-state index contributed by atoms with van der Waals surface area (Å²) < 4.78 is 0. The Kier molecular flexibility index (Phi) is 3.99. The van der Waals surface area contributed by atoms with Gasteiger partial charge in [-0.3, -0.25) is 14.6 Å². The van der Waals surface area contributed by atoms with E-state index in [9.17, 15) is 9.59 Å². The predicted octanol–water partition coefficient (Wildman–Crippen LogP) is 2.26. The van der Waals surface area contributed by atoms with E-state index in [2.05, 4.69) is 0 Å². The Morgan fingerprint density at radius 2 is 2.04 bits per heavy atom. The molecule has 0 radical (unpaired) electrons. The number of pyridine rings is 1. The van der Waals surface area contributed by atoms with Crippen molar-refractivity contribution in [2.75, 3.05) is 11.4 Å². The Bertz CT molecular complexity index is 832. The fourth-order valence-corrected chi connectivity index (χ4v) is 3.93. The summed E-state index contributed by atoms with van der Waals surface area (Å²) in [4.78, 5) is 30.8. The number of rotatable bonds is 4. The van der Waals surface area contributed by atoms with Gasteiger partial charge in [-0.05, 0) is 55.4 Å². The van der Waals surface area contributed by atoms with E-state index in [1.807, 2.05) is 41.3 Å². The smallest absolute Gasteiger partial charge is 0.250 e. The van der Waals surface area contributed by atoms with Gasteiger partial charge in [-0.2, -0.15) is 0 Å². The molecule has 1 atom stereocenters. The van der Waals surface area contributed by atoms with Gasteiger partial charge in [0, 0.05) is 24.3 Å². The second-order valence-corrected chi connectivity index (χ2v) is 6.92. The number of primary amides is 1. The highest BCUT2D eigenvalue weighted by Crippen LogP contribution is 2.29. The second kappa shape index (κ2) is 6.31. The fraction of sp³-hybridized carbons (Fsp3) is 0.350. The Labute approximate surface area is 146 Å². The van der Waals surface area contributed by atoms with Gasteiger partial charge >= 0.3 is 0 Å². The summed E-state index contributed by atoms with van der Waals surface area (Å²) in [5.41, 5.74) is 10.00. The van der Waals surface area contributed by atoms with Crippen molar-refractivity contribution in [3.05, 3.63) is 58.9 Å². The zero-order chi connectivity index (χ0) is 17.4. The molecule has 25 heavy (non-hydrogen) atoms. The molecule has 1 saturated heterocycles. The van der Waals surface area contributed by atoms with Crippen molar-refractivity contribution in [2.24, 2.45) is 11.7 Å². The van der Waals surface area contributed by atoms with Crippen LogP contribution in [0.3, 0.4) is 0 Å². The predicted molar refractivity (Wildman–Crippen MR) is 95.4 cm³/mol. The Balaban J connectivity index is 1.57. The maximum Gasteiger partial charge on any atom is 0.250 e. The summed E-state index contributed by atoms with van der Waals surface area (Å²) >= 11 is 0. The molecule has 2 heterocycles. The molecule has 5 heteroatoms. The van der Waals surface area contributed by atoms with Crippen molar-refractivity contribution < 1.29 is 9.59 Å². The summed E-state index contributed by atoms with van der Waals surface area (Å²) in [6.07, 6.45) is 4.09. The first kappa shape index (κ1) is 15.8. The SMILES string of the molecule is NC(=O)c1cc2c(nc1CC1CC(=O)N(c3ccccc3)C1)CCC2. The van der Waals surface area contributed by atoms with Crippen LogP contribution in [0.25, 0.3) is 0 Å². The molecule has 1 fully saturated rings. The van der Waals surface area contributed by atoms with E-state index in [0.29, 0.717) is 24.9 Å². The Morgan fingerprint density at radius 3 is 2.80 bits per heavy atom. The van der Waals surface area contributed by atoms with Gasteiger partial charge in [0.2, 0.25) is 5.91 Å². The molecule has 2 aromatic rings. The van der Waals surface area contributed by atoms with E-state index in [-0.39, 0.29) is 11.8 Å². The van der Waals surface area contributed by atoms with Crippen molar-refractivity contribution >= 4 is 17.5 Å². The van der Waals surface area contributed by atoms with Crippen LogP contribution in [0.1, 0.15) is 40.2 Å². The lowest BCUT2D eigenvalue weighted by Crippen LogP contribution is -2.25. The van der Waals surface area contributed by atoms with Crippen LogP contribution in [0.5, 0.6) is 0 Å². The van der Waals surface area contributed by atoms with E-state index in [4.69, 9.17) is 10.7 Å². The molecule has 2 N–H and O–H groups in total. The second-order valence-electron chi connectivity index (χ2n) is 6.92. The third kappa shape index (κ3) is 3.02. The molecule has 0 saturated carbocycles. The first-order valence-electron chi connectivity index (χ1n) is 8.78. The number of fused-ring (bicyclic) bond motifs is 1. The summed E-state index contributed by atoms with van der Waals surface area (Å²) in [6, 6.07) is 11.6. The van der Waals surface area contributed by atoms with Gasteiger partial charge in [-0.1, -0.05) is 18.2 Å². The molecular weight excluding hydrogens is 314 g/mol. The largest absolute Gasteiger partial charge is 0.366 e. The van der Waals surface area contributed by atoms with E-state index in [0.717, 1.165) is 41.9 Å². The highest BCUT2D eigenvalue weighted by molar-refractivity contribution is 5.96. The van der Waals surface area contributed by atoms with Gasteiger partial charge in [0.1, 0.15) is 0 Å². The molecule has 1 aromatic carbocycles. The fourth-order valence-electron chi connectivity index (χ4n) is 3.93. The maximum atomic E-state index is 12.4. The van der Waals surface area contributed by atoms with Crippen LogP contribution in [0.2, 0.25) is 0 Å². The monoisotopic (exact) mass is 335 g/mol. The lowest BCUT2D eigenvalue weighted by Gasteiger charge is -2.17. The number of para-hydroxylation sites is 1. The van der Waals surface area contributed by atoms with Crippen LogP contribution < -0.4 is 10.6 Å². The first-order valence-corrected chi connectivity index (χ1v) is 8.78. The van der Waals surface area contributed by atoms with Crippen molar-refractivity contribution in [3.63, 3.8) is 0 Å². The molecule has 4 rings (SSSR count). The van der Waals surface area contributed by atoms with Gasteiger partial charge in [-0.25, -0.2) is 0 Å². The van der Waals surface area contributed by atoms with E-state index >= 15 is 0 Å². The van der Waals surface area contributed by atoms with Crippen LogP contribution in [0.4, 0.5) is 5.69 Å². The van der Waals surface area contributed by atoms with Gasteiger partial charge in [0.25, 0.3) is 5.91 Å². The topological polar surface area (TPSA) is 76.3 Å². The number of hydrogen-bond acceptors (Lipinski definition) is 3. The number of carbonyl (C=O) groups excluding carboxylic acids is 2. The summed E-state index contributed by atoms with van der Waals surface area (Å²) in [5.74, 6) is -0.155. The van der Waals surface area contributed by atoms with E-state index in [1.54, 1.807) is 0 Å². The number of aromatic nitrogens is 1. The van der Waals surface area contributed by atoms with E-state index in [1.165, 1.54) is 0 Å². The minimum atomic E-state index is -0.429. The molecule has 2 aliphatic rings. The molecule has 1 aliphatic carbocycles. The summed E-state index contributed by atoms with van der Waals surface area (Å²) in [6.45, 7) is 0.653. The molecule has 1 aliphatic heterocycles. The molecule has 2 amide bonds. The lowest BCUT2D eigenvalue weighted by molar-refractivity contribution is -0.117. The number of carbonyl (C=O) groups is 2. The van der Waals surface area contributed by atoms with Crippen molar-refractivity contribution in [1.29, 1.82) is 0 Å². The normalized spacial score (nSPS) is 19.3. The molecule has 0 bridgehead atoms. The zero-order valence-corrected chi connectivity index (χ0v) is 14.1. The van der Waals surface area contributed by atoms with Crippen LogP contribution in [0.15, 0.2) is 36.4 Å². The molecule has 5 nitrogen and oxygen atoms in total. The van der Waals surface area contributed by atoms with Crippen LogP contribution >= 0.6 is 0 Å². The van der Waals surface area contributed by atoms with Crippen LogP contribution in [-0.2, 0) is 24.1 Å². The minimum absolute atomic E-state index is 0.123. The average Bonchev–Trinajstić information content (AvgIpc) is 3.20. The molecule has 1 unspecified atom stereocenters. The Morgan fingerprint density at radius 1 is 1.24 bits per heavy atom. The number of hydrogen-bond donors (Lipinski definition) is 1. The molecular formula is C20H21N3O2. The van der Waals surface area contributed by atoms with Crippen LogP contribution in [0, 0.1) is 5.92 Å². The maximum absolute atomic E-state index is 12.4. The third-order valence-corrected chi connectivity index (χ3v) is 5.15. The number of aryl methyl sites for hydroxylation is 2. The van der Waals surface area contributed by atoms with Gasteiger partial charge in [-0.15, -0.1) is 0 Å². The number of nitrogens with zero attached hydrogens (tertiary/aromatic N) is 2. The van der Waals surface area contributed by atoms with Crippen molar-refractivity contribution in [1.82, 2.24) is 4.98 Å². The van der Waals surface area contributed by atoms with Crippen molar-refractivity contribution in [3.8, 4) is 0 Å². The third-order valence-electron chi connectivity index (χ3n) is 5.15. The van der Waals surface area contributed by atoms with Gasteiger partial charge in [0.05, 0.1) is 11.3 Å². The number of amides is 2. The molecule has 1 aromatic heterocycles. The highest BCUT2D eigenvalue weighted by Gasteiger charge is 2.32. The average molecular weight is 335 g/mol. The Hall–Kier alpha value is -2.69. The van der Waals surface area contributed by atoms with Gasteiger partial charge < -0.3 is 10.6 Å². The van der Waals surface area contributed by atoms with Crippen LogP contribution in [-0.4, -0.2) is 23.3 Å². The zero-order valence-electron chi connectivity index (χ0n) is 14.1. The first-order chi connectivity index (χ1) is 12.1. The number of nitrogens with two attached hydrogens (primary N) is 1. The van der Waals surface area contributed by atoms with Gasteiger partial charge in [0.15, 0.2) is 0 Å².